The molecule has 0 bridgehead atoms. The van der Waals surface area contributed by atoms with Crippen LogP contribution in [0, 0.1) is 11.8 Å². The van der Waals surface area contributed by atoms with Crippen molar-refractivity contribution in [2.75, 3.05) is 49.9 Å². The summed E-state index contributed by atoms with van der Waals surface area (Å²) < 4.78 is 26.5. The van der Waals surface area contributed by atoms with Gasteiger partial charge in [0.05, 0.1) is 11.8 Å². The molecule has 3 aliphatic rings. The van der Waals surface area contributed by atoms with Crippen LogP contribution in [0.3, 0.4) is 0 Å². The third-order valence-corrected chi connectivity index (χ3v) is 8.61. The largest absolute Gasteiger partial charge is 0.481 e. The summed E-state index contributed by atoms with van der Waals surface area (Å²) in [6.07, 6.45) is 5.52. The smallest absolute Gasteiger partial charge is 0.310 e. The van der Waals surface area contributed by atoms with Crippen LogP contribution in [0.4, 0.5) is 20.3 Å². The first-order chi connectivity index (χ1) is 19.8. The fraction of sp³-hybridized carbons (Fsp3) is 0.581. The molecule has 1 amide bonds. The molecule has 0 radical (unpaired) electrons. The van der Waals surface area contributed by atoms with Crippen LogP contribution >= 0.6 is 0 Å². The maximum atomic E-state index is 13.3. The Balaban J connectivity index is 1.04. The number of nitrogens with zero attached hydrogens (tertiary/aromatic N) is 2. The summed E-state index contributed by atoms with van der Waals surface area (Å²) in [7, 11) is 0. The molecule has 2 fully saturated rings. The Kier molecular flexibility index (Phi) is 9.37. The minimum Gasteiger partial charge on any atom is -0.481 e. The molecule has 10 heteroatoms. The third kappa shape index (κ3) is 7.93. The van der Waals surface area contributed by atoms with Crippen LogP contribution in [0.15, 0.2) is 36.4 Å². The van der Waals surface area contributed by atoms with Crippen molar-refractivity contribution in [3.8, 4) is 0 Å². The van der Waals surface area contributed by atoms with Gasteiger partial charge in [-0.05, 0) is 86.9 Å². The number of likely N-dealkylation sites (tertiary alicyclic amines) is 1. The summed E-state index contributed by atoms with van der Waals surface area (Å²) in [5.41, 5.74) is 3.91. The van der Waals surface area contributed by atoms with Crippen LogP contribution in [0.2, 0.25) is 0 Å². The Labute approximate surface area is 240 Å². The first-order valence-electron chi connectivity index (χ1n) is 14.9. The summed E-state index contributed by atoms with van der Waals surface area (Å²) >= 11 is 0. The number of benzene rings is 1. The summed E-state index contributed by atoms with van der Waals surface area (Å²) in [5, 5.41) is 19.1. The topological polar surface area (TPSA) is 107 Å². The summed E-state index contributed by atoms with van der Waals surface area (Å²) in [6, 6.07) is 11.5. The van der Waals surface area contributed by atoms with Gasteiger partial charge >= 0.3 is 5.97 Å². The monoisotopic (exact) mass is 569 g/mol. The second kappa shape index (κ2) is 13.1. The molecule has 1 aliphatic carbocycles. The lowest BCUT2D eigenvalue weighted by atomic mass is 9.77. The second-order valence-corrected chi connectivity index (χ2v) is 11.8. The highest BCUT2D eigenvalue weighted by Crippen LogP contribution is 2.48. The molecule has 8 nitrogen and oxygen atoms in total. The summed E-state index contributed by atoms with van der Waals surface area (Å²) in [6.45, 7) is 3.67. The van der Waals surface area contributed by atoms with Gasteiger partial charge in [0, 0.05) is 50.4 Å². The number of piperidine rings is 1. The Morgan fingerprint density at radius 3 is 2.83 bits per heavy atom. The van der Waals surface area contributed by atoms with E-state index in [2.05, 4.69) is 33.0 Å². The van der Waals surface area contributed by atoms with E-state index in [1.807, 2.05) is 12.1 Å². The molecule has 1 aromatic carbocycles. The van der Waals surface area contributed by atoms with E-state index in [0.29, 0.717) is 12.2 Å². The van der Waals surface area contributed by atoms with Gasteiger partial charge in [-0.25, -0.2) is 13.8 Å². The van der Waals surface area contributed by atoms with Gasteiger partial charge in [0.2, 0.25) is 11.8 Å². The SMILES string of the molecule is O=C(O)[C@H](CNC(=O)[C@@H]1CCCN(CCCc2ccc3c(n2)NCCC3)C1)CNc1cccc(C2CC(F)(F)C2)c1. The number of amides is 1. The van der Waals surface area contributed by atoms with Crippen LogP contribution < -0.4 is 16.0 Å². The average Bonchev–Trinajstić information content (AvgIpc) is 2.96. The predicted octanol–water partition coefficient (Wildman–Crippen LogP) is 4.53. The molecule has 1 aromatic heterocycles. The number of anilines is 2. The zero-order valence-electron chi connectivity index (χ0n) is 23.5. The van der Waals surface area contributed by atoms with Crippen molar-refractivity contribution in [1.29, 1.82) is 0 Å². The lowest BCUT2D eigenvalue weighted by Crippen LogP contribution is -2.45. The number of aliphatic carboxylic acids is 1. The number of pyridine rings is 1. The van der Waals surface area contributed by atoms with E-state index in [1.54, 1.807) is 12.1 Å². The lowest BCUT2D eigenvalue weighted by Gasteiger charge is -2.35. The van der Waals surface area contributed by atoms with Gasteiger partial charge in [-0.15, -0.1) is 0 Å². The van der Waals surface area contributed by atoms with Crippen LogP contribution in [0.5, 0.6) is 0 Å². The quantitative estimate of drug-likeness (QED) is 0.298. The van der Waals surface area contributed by atoms with Crippen molar-refractivity contribution < 1.29 is 23.5 Å². The molecule has 2 aromatic rings. The Hall–Kier alpha value is -3.27. The lowest BCUT2D eigenvalue weighted by molar-refractivity contribution is -0.141. The number of aromatic nitrogens is 1. The fourth-order valence-electron chi connectivity index (χ4n) is 6.12. The number of hydrogen-bond donors (Lipinski definition) is 4. The van der Waals surface area contributed by atoms with Crippen molar-refractivity contribution in [3.63, 3.8) is 0 Å². The Morgan fingerprint density at radius 1 is 1.17 bits per heavy atom. The molecule has 2 atom stereocenters. The standard InChI is InChI=1S/C31H41F2N5O3/c32-31(33)16-24(17-31)22-5-1-8-27(15-22)35-18-25(30(40)41)19-36-29(39)23-7-3-13-38(20-23)14-4-9-26-11-10-21-6-2-12-34-28(21)37-26/h1,5,8,10-11,15,23-25,35H,2-4,6-7,9,12-14,16-20H2,(H,34,37)(H,36,39)(H,40,41)/t23-,25+/m1/s1. The number of halogens is 2. The molecular weight excluding hydrogens is 528 g/mol. The van der Waals surface area contributed by atoms with E-state index < -0.39 is 17.8 Å². The first kappa shape index (κ1) is 29.2. The zero-order valence-corrected chi connectivity index (χ0v) is 23.5. The highest BCUT2D eigenvalue weighted by Gasteiger charge is 2.45. The van der Waals surface area contributed by atoms with Crippen molar-refractivity contribution in [2.24, 2.45) is 11.8 Å². The second-order valence-electron chi connectivity index (χ2n) is 11.8. The van der Waals surface area contributed by atoms with Gasteiger partial charge in [-0.3, -0.25) is 9.59 Å². The summed E-state index contributed by atoms with van der Waals surface area (Å²) in [4.78, 5) is 31.9. The molecule has 2 aliphatic heterocycles. The van der Waals surface area contributed by atoms with E-state index in [0.717, 1.165) is 75.2 Å². The number of nitrogens with one attached hydrogen (secondary N) is 3. The molecule has 3 heterocycles. The molecule has 0 spiro atoms. The zero-order chi connectivity index (χ0) is 28.8. The van der Waals surface area contributed by atoms with Gasteiger partial charge < -0.3 is 26.0 Å². The molecule has 5 rings (SSSR count). The molecule has 41 heavy (non-hydrogen) atoms. The van der Waals surface area contributed by atoms with E-state index in [-0.39, 0.29) is 43.7 Å². The van der Waals surface area contributed by atoms with Crippen LogP contribution in [-0.4, -0.2) is 72.1 Å². The van der Waals surface area contributed by atoms with Gasteiger partial charge in [0.25, 0.3) is 0 Å². The van der Waals surface area contributed by atoms with Gasteiger partial charge in [0.15, 0.2) is 0 Å². The molecule has 4 N–H and O–H groups in total. The highest BCUT2D eigenvalue weighted by molar-refractivity contribution is 5.80. The van der Waals surface area contributed by atoms with Crippen molar-refractivity contribution in [2.45, 2.75) is 63.2 Å². The number of hydrogen-bond acceptors (Lipinski definition) is 6. The minimum absolute atomic E-state index is 0.0320. The number of carboxylic acid groups (broad SMARTS) is 1. The number of fused-ring (bicyclic) bond motifs is 1. The molecule has 0 unspecified atom stereocenters. The van der Waals surface area contributed by atoms with Gasteiger partial charge in [-0.2, -0.15) is 0 Å². The van der Waals surface area contributed by atoms with Crippen LogP contribution in [0.1, 0.15) is 61.3 Å². The highest BCUT2D eigenvalue weighted by atomic mass is 19.3. The number of carbonyl (C=O) groups excluding carboxylic acids is 1. The Morgan fingerprint density at radius 2 is 2.02 bits per heavy atom. The average molecular weight is 570 g/mol. The van der Waals surface area contributed by atoms with Gasteiger partial charge in [0.1, 0.15) is 5.82 Å². The molecule has 1 saturated heterocycles. The van der Waals surface area contributed by atoms with Crippen molar-refractivity contribution in [1.82, 2.24) is 15.2 Å². The third-order valence-electron chi connectivity index (χ3n) is 8.61. The van der Waals surface area contributed by atoms with Crippen LogP contribution in [-0.2, 0) is 22.4 Å². The maximum Gasteiger partial charge on any atom is 0.310 e. The predicted molar refractivity (Wildman–Crippen MR) is 155 cm³/mol. The number of aryl methyl sites for hydroxylation is 2. The van der Waals surface area contributed by atoms with E-state index in [4.69, 9.17) is 4.98 Å². The van der Waals surface area contributed by atoms with E-state index >= 15 is 0 Å². The van der Waals surface area contributed by atoms with Crippen molar-refractivity contribution >= 4 is 23.4 Å². The van der Waals surface area contributed by atoms with Crippen LogP contribution in [0.25, 0.3) is 0 Å². The van der Waals surface area contributed by atoms with Crippen molar-refractivity contribution in [3.05, 3.63) is 53.2 Å². The number of alkyl halides is 2. The van der Waals surface area contributed by atoms with Gasteiger partial charge in [-0.1, -0.05) is 18.2 Å². The Bertz CT molecular complexity index is 1220. The van der Waals surface area contributed by atoms with E-state index in [9.17, 15) is 23.5 Å². The summed E-state index contributed by atoms with van der Waals surface area (Å²) in [5.74, 6) is -3.81. The number of carbonyl (C=O) groups is 2. The first-order valence-corrected chi connectivity index (χ1v) is 14.9. The fourth-order valence-corrected chi connectivity index (χ4v) is 6.12. The maximum absolute atomic E-state index is 13.3. The normalized spacial score (nSPS) is 21.2. The molecule has 1 saturated carbocycles. The minimum atomic E-state index is -2.59. The number of carboxylic acids is 1. The molecule has 222 valence electrons. The number of rotatable bonds is 12. The molecular formula is C31H41F2N5O3. The van der Waals surface area contributed by atoms with E-state index in [1.165, 1.54) is 5.56 Å².